The lowest BCUT2D eigenvalue weighted by Crippen LogP contribution is -2.63. The number of unbranched alkanes of at least 4 members (excludes halogenated alkanes) is 1. The number of methoxy groups -OCH3 is 1. The SMILES string of the molecule is COCCCCc1c(C(=O)N(CC(C)C)[C@H]2CCCN(C(=O)O)C2C(C)(C)C)nnn1-c1ccccc1. The van der Waals surface area contributed by atoms with Crippen molar-refractivity contribution in [2.45, 2.75) is 78.8 Å². The first-order valence-electron chi connectivity index (χ1n) is 13.4. The van der Waals surface area contributed by atoms with Crippen LogP contribution in [0, 0.1) is 11.3 Å². The van der Waals surface area contributed by atoms with Gasteiger partial charge < -0.3 is 19.6 Å². The summed E-state index contributed by atoms with van der Waals surface area (Å²) >= 11 is 0. The molecule has 0 spiro atoms. The summed E-state index contributed by atoms with van der Waals surface area (Å²) in [6.07, 6.45) is 2.86. The molecule has 2 heterocycles. The number of piperidine rings is 1. The summed E-state index contributed by atoms with van der Waals surface area (Å²) < 4.78 is 6.99. The zero-order chi connectivity index (χ0) is 27.2. The van der Waals surface area contributed by atoms with Gasteiger partial charge in [0.1, 0.15) is 0 Å². The Morgan fingerprint density at radius 2 is 1.89 bits per heavy atom. The fourth-order valence-electron chi connectivity index (χ4n) is 5.47. The van der Waals surface area contributed by atoms with Gasteiger partial charge in [-0.2, -0.15) is 0 Å². The van der Waals surface area contributed by atoms with E-state index in [0.717, 1.165) is 30.6 Å². The lowest BCUT2D eigenvalue weighted by molar-refractivity contribution is -0.00688. The third-order valence-electron chi connectivity index (χ3n) is 6.93. The number of carboxylic acid groups (broad SMARTS) is 1. The molecule has 0 radical (unpaired) electrons. The molecule has 2 aromatic rings. The molecule has 9 nitrogen and oxygen atoms in total. The highest BCUT2D eigenvalue weighted by Gasteiger charge is 2.46. The van der Waals surface area contributed by atoms with Crippen molar-refractivity contribution in [2.75, 3.05) is 26.8 Å². The van der Waals surface area contributed by atoms with Crippen molar-refractivity contribution in [2.24, 2.45) is 11.3 Å². The minimum Gasteiger partial charge on any atom is -0.465 e. The summed E-state index contributed by atoms with van der Waals surface area (Å²) in [5, 5.41) is 18.8. The van der Waals surface area contributed by atoms with Gasteiger partial charge in [0.25, 0.3) is 5.91 Å². The molecule has 0 bridgehead atoms. The standard InChI is InChI=1S/C28H43N5O4/c1-20(2)19-32(23-16-12-17-31(27(35)36)25(23)28(3,4)5)26(34)24-22(15-10-11-18-37-6)33(30-29-24)21-13-8-7-9-14-21/h7-9,13-14,20,23,25H,10-12,15-19H2,1-6H3,(H,35,36)/t23-,25?/m0/s1. The minimum absolute atomic E-state index is 0.177. The number of rotatable bonds is 10. The minimum atomic E-state index is -0.935. The van der Waals surface area contributed by atoms with Gasteiger partial charge in [0.15, 0.2) is 5.69 Å². The Hall–Kier alpha value is -2.94. The summed E-state index contributed by atoms with van der Waals surface area (Å²) in [6.45, 7) is 12.0. The molecule has 204 valence electrons. The summed E-state index contributed by atoms with van der Waals surface area (Å²) in [7, 11) is 1.69. The first-order chi connectivity index (χ1) is 17.6. The van der Waals surface area contributed by atoms with Crippen LogP contribution in [0.1, 0.15) is 76.5 Å². The monoisotopic (exact) mass is 513 g/mol. The van der Waals surface area contributed by atoms with E-state index in [2.05, 4.69) is 44.9 Å². The second kappa shape index (κ2) is 12.5. The molecular weight excluding hydrogens is 470 g/mol. The van der Waals surface area contributed by atoms with Gasteiger partial charge in [0.05, 0.1) is 23.5 Å². The molecule has 1 unspecified atom stereocenters. The first-order valence-corrected chi connectivity index (χ1v) is 13.4. The Morgan fingerprint density at radius 1 is 1.19 bits per heavy atom. The topological polar surface area (TPSA) is 101 Å². The van der Waals surface area contributed by atoms with E-state index >= 15 is 0 Å². The Morgan fingerprint density at radius 3 is 2.49 bits per heavy atom. The smallest absolute Gasteiger partial charge is 0.407 e. The molecule has 0 aliphatic carbocycles. The number of benzene rings is 1. The Balaban J connectivity index is 2.05. The highest BCUT2D eigenvalue weighted by Crippen LogP contribution is 2.36. The Labute approximate surface area is 220 Å². The van der Waals surface area contributed by atoms with Crippen LogP contribution in [-0.2, 0) is 11.2 Å². The number of likely N-dealkylation sites (tertiary alicyclic amines) is 1. The molecule has 1 fully saturated rings. The molecule has 1 saturated heterocycles. The zero-order valence-electron chi connectivity index (χ0n) is 23.2. The van der Waals surface area contributed by atoms with Crippen molar-refractivity contribution < 1.29 is 19.4 Å². The Bertz CT molecular complexity index is 1030. The highest BCUT2D eigenvalue weighted by molar-refractivity contribution is 5.94. The average molecular weight is 514 g/mol. The summed E-state index contributed by atoms with van der Waals surface area (Å²) in [5.74, 6) is 0.0307. The molecule has 2 atom stereocenters. The molecule has 1 aromatic carbocycles. The van der Waals surface area contributed by atoms with Crippen molar-refractivity contribution in [1.82, 2.24) is 24.8 Å². The summed E-state index contributed by atoms with van der Waals surface area (Å²) in [6, 6.07) is 9.16. The maximum atomic E-state index is 14.3. The lowest BCUT2D eigenvalue weighted by Gasteiger charge is -2.50. The molecule has 1 N–H and O–H groups in total. The second-order valence-electron chi connectivity index (χ2n) is 11.4. The first kappa shape index (κ1) is 28.6. The van der Waals surface area contributed by atoms with E-state index < -0.39 is 6.09 Å². The van der Waals surface area contributed by atoms with E-state index in [9.17, 15) is 14.7 Å². The maximum Gasteiger partial charge on any atom is 0.407 e. The van der Waals surface area contributed by atoms with Gasteiger partial charge in [0, 0.05) is 26.8 Å². The normalized spacial score (nSPS) is 18.3. The van der Waals surface area contributed by atoms with Crippen LogP contribution in [-0.4, -0.2) is 80.8 Å². The number of nitrogens with zero attached hydrogens (tertiary/aromatic N) is 5. The van der Waals surface area contributed by atoms with Gasteiger partial charge in [-0.25, -0.2) is 9.48 Å². The van der Waals surface area contributed by atoms with E-state index in [1.165, 1.54) is 4.90 Å². The summed E-state index contributed by atoms with van der Waals surface area (Å²) in [4.78, 5) is 29.9. The van der Waals surface area contributed by atoms with Gasteiger partial charge in [-0.05, 0) is 55.6 Å². The predicted octanol–water partition coefficient (Wildman–Crippen LogP) is 4.89. The third-order valence-corrected chi connectivity index (χ3v) is 6.93. The van der Waals surface area contributed by atoms with E-state index in [1.54, 1.807) is 11.8 Å². The molecular formula is C28H43N5O4. The number of aromatic nitrogens is 3. The van der Waals surface area contributed by atoms with Crippen LogP contribution in [0.4, 0.5) is 4.79 Å². The Kier molecular flexibility index (Phi) is 9.70. The number of hydrogen-bond acceptors (Lipinski definition) is 5. The van der Waals surface area contributed by atoms with Crippen LogP contribution in [0.25, 0.3) is 5.69 Å². The van der Waals surface area contributed by atoms with Crippen molar-refractivity contribution in [1.29, 1.82) is 0 Å². The molecule has 9 heteroatoms. The number of carbonyl (C=O) groups excluding carboxylic acids is 1. The van der Waals surface area contributed by atoms with E-state index in [4.69, 9.17) is 4.74 Å². The van der Waals surface area contributed by atoms with Gasteiger partial charge in [-0.3, -0.25) is 4.79 Å². The van der Waals surface area contributed by atoms with Crippen LogP contribution in [0.15, 0.2) is 30.3 Å². The van der Waals surface area contributed by atoms with E-state index in [-0.39, 0.29) is 29.3 Å². The largest absolute Gasteiger partial charge is 0.465 e. The number of carbonyl (C=O) groups is 2. The average Bonchev–Trinajstić information content (AvgIpc) is 3.28. The molecule has 37 heavy (non-hydrogen) atoms. The number of para-hydroxylation sites is 1. The molecule has 1 aliphatic heterocycles. The molecule has 0 saturated carbocycles. The van der Waals surface area contributed by atoms with Gasteiger partial charge in [-0.1, -0.05) is 58.0 Å². The molecule has 1 aromatic heterocycles. The van der Waals surface area contributed by atoms with E-state index in [1.807, 2.05) is 35.2 Å². The van der Waals surface area contributed by atoms with Crippen LogP contribution in [0.5, 0.6) is 0 Å². The highest BCUT2D eigenvalue weighted by atomic mass is 16.5. The van der Waals surface area contributed by atoms with Crippen molar-refractivity contribution in [3.05, 3.63) is 41.7 Å². The molecule has 3 rings (SSSR count). The van der Waals surface area contributed by atoms with Gasteiger partial charge in [0.2, 0.25) is 0 Å². The van der Waals surface area contributed by atoms with Gasteiger partial charge in [-0.15, -0.1) is 5.10 Å². The number of ether oxygens (including phenoxy) is 1. The zero-order valence-corrected chi connectivity index (χ0v) is 23.2. The number of hydrogen-bond donors (Lipinski definition) is 1. The van der Waals surface area contributed by atoms with E-state index in [0.29, 0.717) is 38.2 Å². The third kappa shape index (κ3) is 6.89. The van der Waals surface area contributed by atoms with Crippen molar-refractivity contribution >= 4 is 12.0 Å². The quantitative estimate of drug-likeness (QED) is 0.454. The fraction of sp³-hybridized carbons (Fsp3) is 0.643. The lowest BCUT2D eigenvalue weighted by atomic mass is 9.76. The summed E-state index contributed by atoms with van der Waals surface area (Å²) in [5.41, 5.74) is 1.64. The van der Waals surface area contributed by atoms with Crippen molar-refractivity contribution in [3.63, 3.8) is 0 Å². The fourth-order valence-corrected chi connectivity index (χ4v) is 5.47. The van der Waals surface area contributed by atoms with Crippen LogP contribution < -0.4 is 0 Å². The predicted molar refractivity (Wildman–Crippen MR) is 143 cm³/mol. The van der Waals surface area contributed by atoms with Crippen LogP contribution in [0.2, 0.25) is 0 Å². The maximum absolute atomic E-state index is 14.3. The van der Waals surface area contributed by atoms with Crippen LogP contribution >= 0.6 is 0 Å². The molecule has 1 aliphatic rings. The van der Waals surface area contributed by atoms with Crippen LogP contribution in [0.3, 0.4) is 0 Å². The second-order valence-corrected chi connectivity index (χ2v) is 11.4. The van der Waals surface area contributed by atoms with Gasteiger partial charge >= 0.3 is 6.09 Å². The number of amides is 2. The molecule has 2 amide bonds. The van der Waals surface area contributed by atoms with Crippen molar-refractivity contribution in [3.8, 4) is 5.69 Å².